The van der Waals surface area contributed by atoms with Crippen molar-refractivity contribution >= 4 is 17.6 Å². The molecule has 0 heterocycles. The van der Waals surface area contributed by atoms with Crippen molar-refractivity contribution in [3.05, 3.63) is 28.8 Å². The normalized spacial score (nSPS) is 16.6. The summed E-state index contributed by atoms with van der Waals surface area (Å²) < 4.78 is 0. The van der Waals surface area contributed by atoms with Crippen LogP contribution in [-0.4, -0.2) is 17.0 Å². The van der Waals surface area contributed by atoms with Crippen molar-refractivity contribution in [3.8, 4) is 0 Å². The number of hydrogen-bond acceptors (Lipinski definition) is 2. The molecule has 1 aromatic rings. The lowest BCUT2D eigenvalue weighted by Crippen LogP contribution is -2.48. The zero-order chi connectivity index (χ0) is 14.2. The van der Waals surface area contributed by atoms with Crippen LogP contribution in [0.25, 0.3) is 0 Å². The van der Waals surface area contributed by atoms with E-state index in [1.54, 1.807) is 0 Å². The zero-order valence-electron chi connectivity index (χ0n) is 11.5. The van der Waals surface area contributed by atoms with Crippen molar-refractivity contribution in [2.45, 2.75) is 40.0 Å². The van der Waals surface area contributed by atoms with E-state index in [1.165, 1.54) is 0 Å². The van der Waals surface area contributed by atoms with Crippen molar-refractivity contribution in [1.82, 2.24) is 0 Å². The summed E-state index contributed by atoms with van der Waals surface area (Å²) in [5.41, 5.74) is 2.77. The monoisotopic (exact) mass is 261 g/mol. The smallest absolute Gasteiger partial charge is 0.319 e. The average Bonchev–Trinajstić information content (AvgIpc) is 2.28. The molecule has 0 spiro atoms. The Labute approximate surface area is 112 Å². The molecule has 1 amide bonds. The molecule has 1 aliphatic rings. The Hall–Kier alpha value is -1.84. The van der Waals surface area contributed by atoms with Crippen LogP contribution in [0.5, 0.6) is 0 Å². The van der Waals surface area contributed by atoms with E-state index in [4.69, 9.17) is 0 Å². The number of amides is 1. The van der Waals surface area contributed by atoms with Gasteiger partial charge < -0.3 is 10.4 Å². The molecule has 102 valence electrons. The molecule has 0 unspecified atom stereocenters. The zero-order valence-corrected chi connectivity index (χ0v) is 11.5. The van der Waals surface area contributed by atoms with Crippen LogP contribution in [-0.2, 0) is 9.59 Å². The molecule has 0 aliphatic heterocycles. The molecule has 0 bridgehead atoms. The highest BCUT2D eigenvalue weighted by Gasteiger charge is 2.51. The third-order valence-corrected chi connectivity index (χ3v) is 4.36. The Morgan fingerprint density at radius 3 is 2.26 bits per heavy atom. The number of aliphatic carboxylic acids is 1. The van der Waals surface area contributed by atoms with Crippen LogP contribution in [0.15, 0.2) is 12.1 Å². The van der Waals surface area contributed by atoms with Gasteiger partial charge in [-0.25, -0.2) is 0 Å². The predicted octanol–water partition coefficient (Wildman–Crippen LogP) is 2.81. The van der Waals surface area contributed by atoms with Crippen molar-refractivity contribution in [2.75, 3.05) is 5.32 Å². The lowest BCUT2D eigenvalue weighted by Gasteiger charge is -2.36. The summed E-state index contributed by atoms with van der Waals surface area (Å²) in [5.74, 6) is -1.41. The molecule has 4 heteroatoms. The Morgan fingerprint density at radius 1 is 1.16 bits per heavy atom. The number of aryl methyl sites for hydroxylation is 1. The number of carboxylic acids is 1. The van der Waals surface area contributed by atoms with Gasteiger partial charge in [-0.2, -0.15) is 0 Å². The summed E-state index contributed by atoms with van der Waals surface area (Å²) >= 11 is 0. The quantitative estimate of drug-likeness (QED) is 0.822. The molecule has 0 aromatic heterocycles. The topological polar surface area (TPSA) is 66.4 Å². The second-order valence-corrected chi connectivity index (χ2v) is 5.37. The van der Waals surface area contributed by atoms with Crippen LogP contribution in [0.4, 0.5) is 5.69 Å². The van der Waals surface area contributed by atoms with Crippen molar-refractivity contribution in [3.63, 3.8) is 0 Å². The van der Waals surface area contributed by atoms with E-state index < -0.39 is 17.3 Å². The van der Waals surface area contributed by atoms with Gasteiger partial charge in [-0.15, -0.1) is 0 Å². The third kappa shape index (κ3) is 2.11. The first kappa shape index (κ1) is 13.6. The number of hydrogen-bond donors (Lipinski definition) is 2. The van der Waals surface area contributed by atoms with Gasteiger partial charge in [-0.3, -0.25) is 9.59 Å². The molecule has 1 fully saturated rings. The van der Waals surface area contributed by atoms with E-state index in [1.807, 2.05) is 32.9 Å². The molecule has 19 heavy (non-hydrogen) atoms. The molecule has 4 nitrogen and oxygen atoms in total. The summed E-state index contributed by atoms with van der Waals surface area (Å²) in [4.78, 5) is 23.5. The standard InChI is InChI=1S/C15H19NO3/c1-9-5-6-12(11(3)10(9)2)16-13(17)15(14(18)19)7-4-8-15/h5-6H,4,7-8H2,1-3H3,(H,16,17)(H,18,19). The van der Waals surface area contributed by atoms with Gasteiger partial charge in [0.25, 0.3) is 0 Å². The minimum absolute atomic E-state index is 0.391. The maximum Gasteiger partial charge on any atom is 0.319 e. The maximum atomic E-state index is 12.2. The third-order valence-electron chi connectivity index (χ3n) is 4.36. The lowest BCUT2D eigenvalue weighted by atomic mass is 9.68. The van der Waals surface area contributed by atoms with Crippen molar-refractivity contribution in [1.29, 1.82) is 0 Å². The second-order valence-electron chi connectivity index (χ2n) is 5.37. The highest BCUT2D eigenvalue weighted by Crippen LogP contribution is 2.42. The number of carbonyl (C=O) groups is 2. The number of benzene rings is 1. The van der Waals surface area contributed by atoms with E-state index in [2.05, 4.69) is 5.32 Å². The lowest BCUT2D eigenvalue weighted by molar-refractivity contribution is -0.159. The number of carboxylic acid groups (broad SMARTS) is 1. The van der Waals surface area contributed by atoms with Gasteiger partial charge in [-0.05, 0) is 56.4 Å². The first-order chi connectivity index (χ1) is 8.88. The number of anilines is 1. The largest absolute Gasteiger partial charge is 0.480 e. The SMILES string of the molecule is Cc1ccc(NC(=O)C2(C(=O)O)CCC2)c(C)c1C. The molecular formula is C15H19NO3. The maximum absolute atomic E-state index is 12.2. The first-order valence-electron chi connectivity index (χ1n) is 6.50. The molecule has 1 aromatic carbocycles. The summed E-state index contributed by atoms with van der Waals surface area (Å²) in [6, 6.07) is 3.77. The Kier molecular flexibility index (Phi) is 3.35. The van der Waals surface area contributed by atoms with Gasteiger partial charge in [0.1, 0.15) is 5.41 Å². The van der Waals surface area contributed by atoms with Gasteiger partial charge in [0.2, 0.25) is 5.91 Å². The fourth-order valence-electron chi connectivity index (χ4n) is 2.40. The fourth-order valence-corrected chi connectivity index (χ4v) is 2.40. The molecular weight excluding hydrogens is 242 g/mol. The molecule has 0 atom stereocenters. The molecule has 2 rings (SSSR count). The second kappa shape index (κ2) is 4.68. The summed E-state index contributed by atoms with van der Waals surface area (Å²) in [6.07, 6.45) is 1.65. The van der Waals surface area contributed by atoms with Gasteiger partial charge >= 0.3 is 5.97 Å². The van der Waals surface area contributed by atoms with E-state index in [9.17, 15) is 14.7 Å². The molecule has 1 aliphatic carbocycles. The van der Waals surface area contributed by atoms with Crippen LogP contribution in [0.3, 0.4) is 0 Å². The van der Waals surface area contributed by atoms with Gasteiger partial charge in [-0.1, -0.05) is 12.5 Å². The minimum Gasteiger partial charge on any atom is -0.480 e. The molecule has 2 N–H and O–H groups in total. The van der Waals surface area contributed by atoms with E-state index in [0.29, 0.717) is 18.5 Å². The van der Waals surface area contributed by atoms with Crippen LogP contribution in [0, 0.1) is 26.2 Å². The van der Waals surface area contributed by atoms with Crippen LogP contribution >= 0.6 is 0 Å². The molecule has 0 saturated heterocycles. The first-order valence-corrected chi connectivity index (χ1v) is 6.50. The number of nitrogens with one attached hydrogen (secondary N) is 1. The summed E-state index contributed by atoms with van der Waals surface area (Å²) in [6.45, 7) is 5.95. The average molecular weight is 261 g/mol. The van der Waals surface area contributed by atoms with Gasteiger partial charge in [0.15, 0.2) is 0 Å². The van der Waals surface area contributed by atoms with Crippen LogP contribution in [0.1, 0.15) is 36.0 Å². The van der Waals surface area contributed by atoms with E-state index in [0.717, 1.165) is 23.1 Å². The minimum atomic E-state index is -1.22. The summed E-state index contributed by atoms with van der Waals surface area (Å²) in [5, 5.41) is 12.0. The van der Waals surface area contributed by atoms with Crippen LogP contribution in [0.2, 0.25) is 0 Å². The highest BCUT2D eigenvalue weighted by molar-refractivity contribution is 6.09. The Bertz CT molecular complexity index is 545. The van der Waals surface area contributed by atoms with Crippen molar-refractivity contribution in [2.24, 2.45) is 5.41 Å². The Balaban J connectivity index is 2.25. The predicted molar refractivity (Wildman–Crippen MR) is 73.2 cm³/mol. The van der Waals surface area contributed by atoms with Crippen molar-refractivity contribution < 1.29 is 14.7 Å². The van der Waals surface area contributed by atoms with E-state index in [-0.39, 0.29) is 0 Å². The molecule has 1 saturated carbocycles. The summed E-state index contributed by atoms with van der Waals surface area (Å²) in [7, 11) is 0. The highest BCUT2D eigenvalue weighted by atomic mass is 16.4. The van der Waals surface area contributed by atoms with Gasteiger partial charge in [0, 0.05) is 5.69 Å². The molecule has 0 radical (unpaired) electrons. The number of rotatable bonds is 3. The van der Waals surface area contributed by atoms with Crippen LogP contribution < -0.4 is 5.32 Å². The number of carbonyl (C=O) groups excluding carboxylic acids is 1. The van der Waals surface area contributed by atoms with E-state index >= 15 is 0 Å². The fraction of sp³-hybridized carbons (Fsp3) is 0.467. The van der Waals surface area contributed by atoms with Gasteiger partial charge in [0.05, 0.1) is 0 Å². The Morgan fingerprint density at radius 2 is 1.79 bits per heavy atom.